The number of hydrogen-bond donors (Lipinski definition) is 5. The van der Waals surface area contributed by atoms with E-state index in [1.165, 1.54) is 29.2 Å². The summed E-state index contributed by atoms with van der Waals surface area (Å²) >= 11 is 1.00. The monoisotopic (exact) mass is 475 g/mol. The third-order valence-electron chi connectivity index (χ3n) is 6.45. The minimum Gasteiger partial charge on any atom is -0.506 e. The molecular weight excluding hydrogens is 446 g/mol. The molecule has 3 atom stereocenters. The number of rotatable bonds is 10. The lowest BCUT2D eigenvalue weighted by atomic mass is 10.1. The highest BCUT2D eigenvalue weighted by Gasteiger charge is 2.37. The van der Waals surface area contributed by atoms with Crippen LogP contribution in [0.5, 0.6) is 5.75 Å². The SMILES string of the molecule is O=c1[nH]c2c(O)ccc([C@@H](O)CNCCc3cccc(CNC4C[C@@H]4c4ccccc4)c3)c2s1. The van der Waals surface area contributed by atoms with Gasteiger partial charge in [0.2, 0.25) is 0 Å². The molecule has 6 nitrogen and oxygen atoms in total. The van der Waals surface area contributed by atoms with Gasteiger partial charge in [0.05, 0.1) is 10.8 Å². The summed E-state index contributed by atoms with van der Waals surface area (Å²) < 4.78 is 0.602. The van der Waals surface area contributed by atoms with E-state index in [0.717, 1.165) is 30.8 Å². The molecule has 176 valence electrons. The van der Waals surface area contributed by atoms with Crippen LogP contribution in [0, 0.1) is 0 Å². The highest BCUT2D eigenvalue weighted by atomic mass is 32.1. The van der Waals surface area contributed by atoms with Crippen LogP contribution in [0.25, 0.3) is 10.2 Å². The molecule has 1 unspecified atom stereocenters. The van der Waals surface area contributed by atoms with Crippen molar-refractivity contribution in [3.8, 4) is 5.75 Å². The van der Waals surface area contributed by atoms with E-state index in [1.54, 1.807) is 6.07 Å². The number of nitrogens with one attached hydrogen (secondary N) is 3. The fourth-order valence-corrected chi connectivity index (χ4v) is 5.43. The molecule has 34 heavy (non-hydrogen) atoms. The van der Waals surface area contributed by atoms with Crippen LogP contribution in [-0.2, 0) is 13.0 Å². The maximum absolute atomic E-state index is 11.7. The Kier molecular flexibility index (Phi) is 6.78. The van der Waals surface area contributed by atoms with Gasteiger partial charge >= 0.3 is 4.87 Å². The second-order valence-electron chi connectivity index (χ2n) is 8.92. The number of phenols is 1. The van der Waals surface area contributed by atoms with Gasteiger partial charge in [-0.05, 0) is 42.1 Å². The summed E-state index contributed by atoms with van der Waals surface area (Å²) in [7, 11) is 0. The van der Waals surface area contributed by atoms with Crippen LogP contribution in [0.3, 0.4) is 0 Å². The van der Waals surface area contributed by atoms with Gasteiger partial charge in [-0.3, -0.25) is 4.79 Å². The maximum Gasteiger partial charge on any atom is 0.305 e. The lowest BCUT2D eigenvalue weighted by Crippen LogP contribution is -2.24. The average molecular weight is 476 g/mol. The molecule has 0 saturated heterocycles. The lowest BCUT2D eigenvalue weighted by molar-refractivity contribution is 0.176. The van der Waals surface area contributed by atoms with Crippen molar-refractivity contribution in [1.82, 2.24) is 15.6 Å². The van der Waals surface area contributed by atoms with Crippen molar-refractivity contribution in [2.75, 3.05) is 13.1 Å². The Balaban J connectivity index is 1.09. The highest BCUT2D eigenvalue weighted by Crippen LogP contribution is 2.40. The second-order valence-corrected chi connectivity index (χ2v) is 9.91. The van der Waals surface area contributed by atoms with Gasteiger partial charge in [0.1, 0.15) is 11.3 Å². The molecule has 5 N–H and O–H groups in total. The quantitative estimate of drug-likeness (QED) is 0.225. The van der Waals surface area contributed by atoms with Crippen molar-refractivity contribution in [3.05, 3.63) is 98.7 Å². The zero-order chi connectivity index (χ0) is 23.5. The lowest BCUT2D eigenvalue weighted by Gasteiger charge is -2.14. The molecule has 1 aliphatic carbocycles. The molecule has 5 rings (SSSR count). The fourth-order valence-electron chi connectivity index (χ4n) is 4.52. The Morgan fingerprint density at radius 3 is 2.74 bits per heavy atom. The number of thiazole rings is 1. The van der Waals surface area contributed by atoms with Crippen LogP contribution in [0.4, 0.5) is 0 Å². The van der Waals surface area contributed by atoms with Gasteiger partial charge in [0, 0.05) is 30.6 Å². The first-order valence-corrected chi connectivity index (χ1v) is 12.5. The zero-order valence-electron chi connectivity index (χ0n) is 18.8. The normalized spacial score (nSPS) is 18.3. The van der Waals surface area contributed by atoms with Crippen LogP contribution in [-0.4, -0.2) is 34.3 Å². The van der Waals surface area contributed by atoms with Crippen molar-refractivity contribution >= 4 is 21.6 Å². The molecule has 0 radical (unpaired) electrons. The van der Waals surface area contributed by atoms with Crippen LogP contribution in [0.2, 0.25) is 0 Å². The molecular formula is C27H29N3O3S. The van der Waals surface area contributed by atoms with E-state index in [0.29, 0.717) is 34.3 Å². The highest BCUT2D eigenvalue weighted by molar-refractivity contribution is 7.16. The minimum absolute atomic E-state index is 0.0175. The Morgan fingerprint density at radius 2 is 1.88 bits per heavy atom. The first-order chi connectivity index (χ1) is 16.6. The third kappa shape index (κ3) is 5.23. The molecule has 0 spiro atoms. The van der Waals surface area contributed by atoms with E-state index in [4.69, 9.17) is 0 Å². The van der Waals surface area contributed by atoms with Gasteiger partial charge in [-0.15, -0.1) is 0 Å². The number of benzene rings is 3. The number of aromatic amines is 1. The van der Waals surface area contributed by atoms with Gasteiger partial charge in [0.15, 0.2) is 0 Å². The number of fused-ring (bicyclic) bond motifs is 1. The maximum atomic E-state index is 11.7. The first-order valence-electron chi connectivity index (χ1n) is 11.7. The Bertz CT molecular complexity index is 1320. The third-order valence-corrected chi connectivity index (χ3v) is 7.38. The van der Waals surface area contributed by atoms with Crippen LogP contribution >= 0.6 is 11.3 Å². The van der Waals surface area contributed by atoms with E-state index in [1.807, 2.05) is 0 Å². The Hall–Kier alpha value is -2.97. The molecule has 1 saturated carbocycles. The summed E-state index contributed by atoms with van der Waals surface area (Å²) in [6.07, 6.45) is 1.29. The summed E-state index contributed by atoms with van der Waals surface area (Å²) in [6, 6.07) is 23.1. The second kappa shape index (κ2) is 10.1. The van der Waals surface area contributed by atoms with Crippen molar-refractivity contribution in [2.45, 2.75) is 37.5 Å². The molecule has 1 heterocycles. The van der Waals surface area contributed by atoms with E-state index >= 15 is 0 Å². The summed E-state index contributed by atoms with van der Waals surface area (Å²) in [5, 5.41) is 27.5. The predicted molar refractivity (Wildman–Crippen MR) is 137 cm³/mol. The van der Waals surface area contributed by atoms with E-state index < -0.39 is 6.10 Å². The first kappa shape index (κ1) is 22.8. The molecule has 3 aromatic carbocycles. The minimum atomic E-state index is -0.763. The number of phenolic OH excluding ortho intramolecular Hbond substituents is 1. The summed E-state index contributed by atoms with van der Waals surface area (Å²) in [5.41, 5.74) is 4.99. The molecule has 0 aliphatic heterocycles. The van der Waals surface area contributed by atoms with E-state index in [2.05, 4.69) is 70.2 Å². The van der Waals surface area contributed by atoms with Crippen molar-refractivity contribution in [3.63, 3.8) is 0 Å². The van der Waals surface area contributed by atoms with Crippen LogP contribution in [0.1, 0.15) is 40.7 Å². The molecule has 1 aliphatic rings. The number of hydrogen-bond acceptors (Lipinski definition) is 6. The topological polar surface area (TPSA) is 97.4 Å². The smallest absolute Gasteiger partial charge is 0.305 e. The average Bonchev–Trinajstić information content (AvgIpc) is 3.53. The van der Waals surface area contributed by atoms with Gasteiger partial charge in [-0.2, -0.15) is 0 Å². The summed E-state index contributed by atoms with van der Waals surface area (Å²) in [6.45, 7) is 1.97. The van der Waals surface area contributed by atoms with Crippen molar-refractivity contribution in [2.24, 2.45) is 0 Å². The van der Waals surface area contributed by atoms with Crippen LogP contribution < -0.4 is 15.5 Å². The molecule has 0 amide bonds. The predicted octanol–water partition coefficient (Wildman–Crippen LogP) is 3.81. The number of H-pyrrole nitrogens is 1. The van der Waals surface area contributed by atoms with Crippen LogP contribution in [0.15, 0.2) is 71.5 Å². The molecule has 4 aromatic rings. The number of aromatic hydroxyl groups is 1. The Morgan fingerprint density at radius 1 is 1.06 bits per heavy atom. The Labute approximate surface area is 202 Å². The molecule has 7 heteroatoms. The zero-order valence-corrected chi connectivity index (χ0v) is 19.6. The van der Waals surface area contributed by atoms with Gasteiger partial charge in [0.25, 0.3) is 0 Å². The fraction of sp³-hybridized carbons (Fsp3) is 0.296. The van der Waals surface area contributed by atoms with Crippen molar-refractivity contribution in [1.29, 1.82) is 0 Å². The summed E-state index contributed by atoms with van der Waals surface area (Å²) in [5.74, 6) is 0.644. The molecule has 1 aromatic heterocycles. The number of aliphatic hydroxyl groups is 1. The van der Waals surface area contributed by atoms with E-state index in [9.17, 15) is 15.0 Å². The standard InChI is InChI=1S/C27H29N3O3S/c31-23-10-9-20(26-25(23)30-27(33)34-26)24(32)16-28-12-11-17-5-4-6-18(13-17)15-29-22-14-21(22)19-7-2-1-3-8-19/h1-10,13,21-22,24,28-29,31-32H,11-12,14-16H2,(H,30,33)/t21-,22?,24+/m1/s1. The van der Waals surface area contributed by atoms with Crippen molar-refractivity contribution < 1.29 is 10.2 Å². The summed E-state index contributed by atoms with van der Waals surface area (Å²) in [4.78, 5) is 14.1. The molecule has 0 bridgehead atoms. The van der Waals surface area contributed by atoms with Gasteiger partial charge in [-0.25, -0.2) is 0 Å². The largest absolute Gasteiger partial charge is 0.506 e. The number of aliphatic hydroxyl groups excluding tert-OH is 1. The van der Waals surface area contributed by atoms with E-state index in [-0.39, 0.29) is 10.6 Å². The molecule has 1 fully saturated rings. The van der Waals surface area contributed by atoms with Gasteiger partial charge < -0.3 is 25.8 Å². The number of aromatic nitrogens is 1. The van der Waals surface area contributed by atoms with Gasteiger partial charge in [-0.1, -0.05) is 72.0 Å².